The summed E-state index contributed by atoms with van der Waals surface area (Å²) in [7, 11) is 0. The number of hydrogen-bond donors (Lipinski definition) is 1. The molecule has 2 aliphatic rings. The van der Waals surface area contributed by atoms with Crippen molar-refractivity contribution in [3.63, 3.8) is 0 Å². The third kappa shape index (κ3) is 2.10. The van der Waals surface area contributed by atoms with Gasteiger partial charge in [-0.25, -0.2) is 0 Å². The Morgan fingerprint density at radius 3 is 2.40 bits per heavy atom. The van der Waals surface area contributed by atoms with Crippen molar-refractivity contribution in [3.05, 3.63) is 34.9 Å². The summed E-state index contributed by atoms with van der Waals surface area (Å²) in [5, 5.41) is 0. The van der Waals surface area contributed by atoms with Crippen molar-refractivity contribution in [1.29, 1.82) is 0 Å². The molecule has 1 fully saturated rings. The summed E-state index contributed by atoms with van der Waals surface area (Å²) in [5.41, 5.74) is 11.6. The van der Waals surface area contributed by atoms with Crippen LogP contribution in [0.2, 0.25) is 0 Å². The maximum atomic E-state index is 6.66. The van der Waals surface area contributed by atoms with Crippen molar-refractivity contribution in [1.82, 2.24) is 4.90 Å². The van der Waals surface area contributed by atoms with E-state index in [1.54, 1.807) is 0 Å². The summed E-state index contributed by atoms with van der Waals surface area (Å²) >= 11 is 0. The summed E-state index contributed by atoms with van der Waals surface area (Å²) < 4.78 is 0. The zero-order valence-electron chi connectivity index (χ0n) is 13.4. The Bertz CT molecular complexity index is 505. The van der Waals surface area contributed by atoms with Gasteiger partial charge in [0.15, 0.2) is 0 Å². The maximum absolute atomic E-state index is 6.66. The fourth-order valence-electron chi connectivity index (χ4n) is 4.16. The highest BCUT2D eigenvalue weighted by Crippen LogP contribution is 2.51. The molecule has 2 N–H and O–H groups in total. The summed E-state index contributed by atoms with van der Waals surface area (Å²) in [6.45, 7) is 11.6. The average molecular weight is 272 g/mol. The molecule has 1 spiro atoms. The lowest BCUT2D eigenvalue weighted by molar-refractivity contribution is 0.0345. The van der Waals surface area contributed by atoms with Crippen LogP contribution in [0, 0.1) is 12.3 Å². The van der Waals surface area contributed by atoms with Gasteiger partial charge in [0, 0.05) is 11.6 Å². The molecule has 0 bridgehead atoms. The van der Waals surface area contributed by atoms with Gasteiger partial charge in [0.25, 0.3) is 0 Å². The second kappa shape index (κ2) is 4.57. The molecule has 0 unspecified atom stereocenters. The Balaban J connectivity index is 1.83. The topological polar surface area (TPSA) is 29.3 Å². The summed E-state index contributed by atoms with van der Waals surface area (Å²) in [6.07, 6.45) is 3.66. The van der Waals surface area contributed by atoms with Crippen LogP contribution in [-0.4, -0.2) is 23.5 Å². The Kier molecular flexibility index (Phi) is 3.22. The van der Waals surface area contributed by atoms with Crippen LogP contribution in [0.15, 0.2) is 18.2 Å². The largest absolute Gasteiger partial charge is 0.323 e. The standard InChI is InChI=1S/C18H28N2/c1-13-6-5-7-14-15(13)12-18(16(14)19)8-10-20(11-9-18)17(2,3)4/h5-7,16H,8-12,19H2,1-4H3/t16-/m0/s1. The van der Waals surface area contributed by atoms with Crippen LogP contribution in [0.4, 0.5) is 0 Å². The van der Waals surface area contributed by atoms with Gasteiger partial charge < -0.3 is 5.73 Å². The molecular formula is C18H28N2. The van der Waals surface area contributed by atoms with Crippen molar-refractivity contribution in [2.24, 2.45) is 11.1 Å². The molecule has 2 heteroatoms. The number of nitrogens with two attached hydrogens (primary N) is 1. The molecule has 110 valence electrons. The first-order valence-electron chi connectivity index (χ1n) is 7.92. The van der Waals surface area contributed by atoms with E-state index >= 15 is 0 Å². The van der Waals surface area contributed by atoms with Gasteiger partial charge in [0.2, 0.25) is 0 Å². The molecule has 1 atom stereocenters. The molecule has 20 heavy (non-hydrogen) atoms. The van der Waals surface area contributed by atoms with Crippen molar-refractivity contribution < 1.29 is 0 Å². The zero-order valence-corrected chi connectivity index (χ0v) is 13.4. The molecule has 1 aromatic rings. The number of piperidine rings is 1. The van der Waals surface area contributed by atoms with Crippen LogP contribution < -0.4 is 5.73 Å². The first-order chi connectivity index (χ1) is 9.33. The number of hydrogen-bond acceptors (Lipinski definition) is 2. The van der Waals surface area contributed by atoms with E-state index in [0.29, 0.717) is 5.41 Å². The number of rotatable bonds is 0. The van der Waals surface area contributed by atoms with Crippen molar-refractivity contribution >= 4 is 0 Å². The molecule has 2 nitrogen and oxygen atoms in total. The third-order valence-electron chi connectivity index (χ3n) is 5.68. The van der Waals surface area contributed by atoms with E-state index in [9.17, 15) is 0 Å². The van der Waals surface area contributed by atoms with E-state index in [0.717, 1.165) is 0 Å². The molecule has 1 aliphatic carbocycles. The van der Waals surface area contributed by atoms with Gasteiger partial charge in [-0.3, -0.25) is 4.90 Å². The van der Waals surface area contributed by atoms with E-state index in [1.807, 2.05) is 0 Å². The highest BCUT2D eigenvalue weighted by molar-refractivity contribution is 5.43. The number of aryl methyl sites for hydroxylation is 1. The molecular weight excluding hydrogens is 244 g/mol. The molecule has 0 aromatic heterocycles. The van der Waals surface area contributed by atoms with E-state index in [-0.39, 0.29) is 11.6 Å². The maximum Gasteiger partial charge on any atom is 0.0359 e. The Hall–Kier alpha value is -0.860. The number of nitrogens with zero attached hydrogens (tertiary/aromatic N) is 1. The first-order valence-corrected chi connectivity index (χ1v) is 7.92. The SMILES string of the molecule is Cc1cccc2c1CC1(CCN(C(C)(C)C)CC1)[C@H]2N. The lowest BCUT2D eigenvalue weighted by Gasteiger charge is -2.47. The average Bonchev–Trinajstić information content (AvgIpc) is 2.65. The zero-order chi connectivity index (χ0) is 14.5. The molecule has 1 heterocycles. The third-order valence-corrected chi connectivity index (χ3v) is 5.68. The normalized spacial score (nSPS) is 25.9. The van der Waals surface area contributed by atoms with Gasteiger partial charge >= 0.3 is 0 Å². The predicted octanol–water partition coefficient (Wildman–Crippen LogP) is 3.43. The minimum atomic E-state index is 0.236. The van der Waals surface area contributed by atoms with Crippen LogP contribution in [-0.2, 0) is 6.42 Å². The van der Waals surface area contributed by atoms with Crippen molar-refractivity contribution in [2.75, 3.05) is 13.1 Å². The van der Waals surface area contributed by atoms with E-state index in [1.165, 1.54) is 49.0 Å². The molecule has 1 aliphatic heterocycles. The van der Waals surface area contributed by atoms with Gasteiger partial charge in [-0.1, -0.05) is 18.2 Å². The number of likely N-dealkylation sites (tertiary alicyclic amines) is 1. The predicted molar refractivity (Wildman–Crippen MR) is 84.8 cm³/mol. The summed E-state index contributed by atoms with van der Waals surface area (Å²) in [5.74, 6) is 0. The fourth-order valence-corrected chi connectivity index (χ4v) is 4.16. The summed E-state index contributed by atoms with van der Waals surface area (Å²) in [4.78, 5) is 2.61. The second-order valence-corrected chi connectivity index (χ2v) is 7.82. The lowest BCUT2D eigenvalue weighted by Crippen LogP contribution is -2.51. The van der Waals surface area contributed by atoms with Crippen molar-refractivity contribution in [2.45, 2.75) is 58.5 Å². The Morgan fingerprint density at radius 2 is 1.85 bits per heavy atom. The molecule has 0 radical (unpaired) electrons. The van der Waals surface area contributed by atoms with Gasteiger partial charge in [-0.2, -0.15) is 0 Å². The number of fused-ring (bicyclic) bond motifs is 1. The van der Waals surface area contributed by atoms with E-state index in [4.69, 9.17) is 5.73 Å². The Morgan fingerprint density at radius 1 is 1.20 bits per heavy atom. The van der Waals surface area contributed by atoms with Crippen LogP contribution >= 0.6 is 0 Å². The van der Waals surface area contributed by atoms with Gasteiger partial charge in [-0.15, -0.1) is 0 Å². The van der Waals surface area contributed by atoms with Gasteiger partial charge in [0.05, 0.1) is 0 Å². The monoisotopic (exact) mass is 272 g/mol. The highest BCUT2D eigenvalue weighted by atomic mass is 15.2. The van der Waals surface area contributed by atoms with Crippen LogP contribution in [0.3, 0.4) is 0 Å². The minimum absolute atomic E-state index is 0.236. The lowest BCUT2D eigenvalue weighted by atomic mass is 9.72. The summed E-state index contributed by atoms with van der Waals surface area (Å²) in [6, 6.07) is 6.88. The van der Waals surface area contributed by atoms with Crippen molar-refractivity contribution in [3.8, 4) is 0 Å². The molecule has 1 aromatic carbocycles. The van der Waals surface area contributed by atoms with E-state index < -0.39 is 0 Å². The minimum Gasteiger partial charge on any atom is -0.323 e. The van der Waals surface area contributed by atoms with E-state index in [2.05, 4.69) is 50.8 Å². The molecule has 1 saturated heterocycles. The van der Waals surface area contributed by atoms with Crippen LogP contribution in [0.1, 0.15) is 56.3 Å². The quantitative estimate of drug-likeness (QED) is 0.784. The van der Waals surface area contributed by atoms with Crippen LogP contribution in [0.25, 0.3) is 0 Å². The second-order valence-electron chi connectivity index (χ2n) is 7.82. The molecule has 0 saturated carbocycles. The fraction of sp³-hybridized carbons (Fsp3) is 0.667. The molecule has 3 rings (SSSR count). The smallest absolute Gasteiger partial charge is 0.0359 e. The number of benzene rings is 1. The highest BCUT2D eigenvalue weighted by Gasteiger charge is 2.47. The molecule has 0 amide bonds. The van der Waals surface area contributed by atoms with Gasteiger partial charge in [-0.05, 0) is 82.2 Å². The first kappa shape index (κ1) is 14.1. The van der Waals surface area contributed by atoms with Crippen LogP contribution in [0.5, 0.6) is 0 Å². The van der Waals surface area contributed by atoms with Gasteiger partial charge in [0.1, 0.15) is 0 Å². The Labute approximate surface area is 123 Å².